The van der Waals surface area contributed by atoms with Crippen LogP contribution in [0.15, 0.2) is 42.5 Å². The van der Waals surface area contributed by atoms with Crippen molar-refractivity contribution < 1.29 is 19.4 Å². The fraction of sp³-hybridized carbons (Fsp3) is 0.706. The number of aliphatic hydroxyl groups excluding tert-OH is 1. The van der Waals surface area contributed by atoms with Crippen LogP contribution in [0, 0.1) is 11.8 Å². The molecule has 1 saturated carbocycles. The van der Waals surface area contributed by atoms with Gasteiger partial charge in [-0.3, -0.25) is 9.59 Å². The van der Waals surface area contributed by atoms with Gasteiger partial charge in [0.25, 0.3) is 0 Å². The number of ketones is 1. The number of carbonyl (C=O) groups is 2. The summed E-state index contributed by atoms with van der Waals surface area (Å²) in [6.07, 6.45) is 16.6. The van der Waals surface area contributed by atoms with Gasteiger partial charge >= 0.3 is 0 Å². The van der Waals surface area contributed by atoms with Crippen LogP contribution in [0.1, 0.15) is 116 Å². The number of nitrogens with zero attached hydrogens (tertiary/aromatic N) is 1. The highest BCUT2D eigenvalue weighted by atomic mass is 16.5. The van der Waals surface area contributed by atoms with E-state index in [2.05, 4.69) is 43.9 Å². The Morgan fingerprint density at radius 2 is 1.87 bits per heavy atom. The highest BCUT2D eigenvalue weighted by molar-refractivity contribution is 5.83. The molecule has 2 aliphatic rings. The zero-order chi connectivity index (χ0) is 28.1. The minimum atomic E-state index is -0.390. The molecule has 218 valence electrons. The van der Waals surface area contributed by atoms with E-state index in [4.69, 9.17) is 4.74 Å². The van der Waals surface area contributed by atoms with Crippen molar-refractivity contribution in [1.29, 1.82) is 0 Å². The zero-order valence-corrected chi connectivity index (χ0v) is 24.8. The Morgan fingerprint density at radius 1 is 1.10 bits per heavy atom. The summed E-state index contributed by atoms with van der Waals surface area (Å²) in [5.41, 5.74) is 0.976. The predicted molar refractivity (Wildman–Crippen MR) is 158 cm³/mol. The fourth-order valence-electron chi connectivity index (χ4n) is 6.31. The minimum Gasteiger partial charge on any atom is -0.389 e. The second-order valence-electron chi connectivity index (χ2n) is 12.4. The summed E-state index contributed by atoms with van der Waals surface area (Å²) in [5, 5.41) is 10.2. The predicted octanol–water partition coefficient (Wildman–Crippen LogP) is 7.41. The van der Waals surface area contributed by atoms with Gasteiger partial charge in [-0.25, -0.2) is 0 Å². The molecule has 1 saturated heterocycles. The van der Waals surface area contributed by atoms with E-state index in [1.807, 2.05) is 24.3 Å². The van der Waals surface area contributed by atoms with Gasteiger partial charge in [-0.15, -0.1) is 0 Å². The Balaban J connectivity index is 1.42. The molecule has 4 atom stereocenters. The first kappa shape index (κ1) is 31.5. The molecule has 5 heteroatoms. The van der Waals surface area contributed by atoms with E-state index >= 15 is 0 Å². The Bertz CT molecular complexity index is 896. The van der Waals surface area contributed by atoms with Crippen molar-refractivity contribution in [2.75, 3.05) is 6.61 Å². The third kappa shape index (κ3) is 10.8. The van der Waals surface area contributed by atoms with Gasteiger partial charge in [-0.2, -0.15) is 0 Å². The highest BCUT2D eigenvalue weighted by Gasteiger charge is 2.34. The molecule has 0 spiro atoms. The van der Waals surface area contributed by atoms with Crippen LogP contribution in [-0.2, 0) is 20.9 Å². The quantitative estimate of drug-likeness (QED) is 0.175. The van der Waals surface area contributed by atoms with Crippen LogP contribution in [0.2, 0.25) is 0 Å². The maximum absolute atomic E-state index is 13.4. The lowest BCUT2D eigenvalue weighted by Gasteiger charge is -2.41. The summed E-state index contributed by atoms with van der Waals surface area (Å²) in [6.45, 7) is 7.77. The van der Waals surface area contributed by atoms with E-state index < -0.39 is 0 Å². The summed E-state index contributed by atoms with van der Waals surface area (Å²) < 4.78 is 5.93. The normalized spacial score (nSPS) is 23.8. The Morgan fingerprint density at radius 3 is 2.62 bits per heavy atom. The Labute approximate surface area is 237 Å². The monoisotopic (exact) mass is 539 g/mol. The molecule has 2 fully saturated rings. The fourth-order valence-corrected chi connectivity index (χ4v) is 6.31. The smallest absolute Gasteiger partial charge is 0.223 e. The first-order valence-corrected chi connectivity index (χ1v) is 15.7. The number of amides is 1. The zero-order valence-electron chi connectivity index (χ0n) is 24.8. The van der Waals surface area contributed by atoms with E-state index in [-0.39, 0.29) is 35.5 Å². The average molecular weight is 540 g/mol. The molecule has 1 aromatic rings. The second kappa shape index (κ2) is 16.3. The molecule has 4 unspecified atom stereocenters. The van der Waals surface area contributed by atoms with Gasteiger partial charge in [-0.1, -0.05) is 87.9 Å². The summed E-state index contributed by atoms with van der Waals surface area (Å²) in [7, 11) is 0. The van der Waals surface area contributed by atoms with Crippen molar-refractivity contribution in [2.24, 2.45) is 11.8 Å². The number of benzene rings is 1. The van der Waals surface area contributed by atoms with Gasteiger partial charge in [0.2, 0.25) is 5.91 Å². The topological polar surface area (TPSA) is 66.8 Å². The van der Waals surface area contributed by atoms with E-state index in [1.165, 1.54) is 5.56 Å². The maximum atomic E-state index is 13.4. The highest BCUT2D eigenvalue weighted by Crippen LogP contribution is 2.34. The van der Waals surface area contributed by atoms with Crippen LogP contribution in [0.3, 0.4) is 0 Å². The number of unbranched alkanes of at least 4 members (excludes halogenated alkanes) is 5. The molecule has 1 N–H and O–H groups in total. The van der Waals surface area contributed by atoms with Crippen LogP contribution in [0.4, 0.5) is 0 Å². The second-order valence-corrected chi connectivity index (χ2v) is 12.4. The van der Waals surface area contributed by atoms with Crippen LogP contribution >= 0.6 is 0 Å². The summed E-state index contributed by atoms with van der Waals surface area (Å²) in [6, 6.07) is 10.5. The van der Waals surface area contributed by atoms with Crippen LogP contribution in [0.5, 0.6) is 0 Å². The number of ether oxygens (including phenoxy) is 1. The molecular formula is C34H53NO4. The van der Waals surface area contributed by atoms with Gasteiger partial charge in [0.1, 0.15) is 5.78 Å². The first-order chi connectivity index (χ1) is 18.8. The van der Waals surface area contributed by atoms with Crippen molar-refractivity contribution in [1.82, 2.24) is 4.90 Å². The van der Waals surface area contributed by atoms with Crippen molar-refractivity contribution in [2.45, 2.75) is 135 Å². The Hall–Kier alpha value is -1.98. The number of rotatable bonds is 16. The SMILES string of the molecule is CCCCCC(O)C=CC1CCC(=O)C1CCCCCCC(=O)N(Cc1ccccc1)C1CCOC(C)(C)C1. The summed E-state index contributed by atoms with van der Waals surface area (Å²) in [4.78, 5) is 28.0. The Kier molecular flexibility index (Phi) is 13.2. The molecule has 39 heavy (non-hydrogen) atoms. The number of aliphatic hydroxyl groups is 1. The van der Waals surface area contributed by atoms with Gasteiger partial charge in [0.15, 0.2) is 0 Å². The molecule has 3 rings (SSSR count). The standard InChI is InChI=1S/C34H53NO4/c1-4-5-9-16-30(36)21-19-28-20-22-32(37)31(28)17-12-6-7-13-18-33(38)35(26-27-14-10-8-11-15-27)29-23-24-39-34(2,3)25-29/h8,10-11,14-15,19,21,28-31,36H,4-7,9,12-13,16-18,20,22-26H2,1-3H3. The average Bonchev–Trinajstić information content (AvgIpc) is 3.27. The van der Waals surface area contributed by atoms with E-state index in [0.29, 0.717) is 31.8 Å². The van der Waals surface area contributed by atoms with E-state index in [1.54, 1.807) is 0 Å². The molecule has 1 aliphatic carbocycles. The lowest BCUT2D eigenvalue weighted by Crippen LogP contribution is -2.48. The molecule has 1 aliphatic heterocycles. The molecule has 1 aromatic carbocycles. The lowest BCUT2D eigenvalue weighted by molar-refractivity contribution is -0.141. The van der Waals surface area contributed by atoms with Gasteiger partial charge in [0, 0.05) is 38.0 Å². The van der Waals surface area contributed by atoms with Crippen molar-refractivity contribution in [3.8, 4) is 0 Å². The largest absolute Gasteiger partial charge is 0.389 e. The third-order valence-electron chi connectivity index (χ3n) is 8.62. The summed E-state index contributed by atoms with van der Waals surface area (Å²) in [5.74, 6) is 1.01. The number of hydrogen-bond donors (Lipinski definition) is 1. The number of hydrogen-bond acceptors (Lipinski definition) is 4. The molecule has 0 bridgehead atoms. The first-order valence-electron chi connectivity index (χ1n) is 15.7. The number of allylic oxidation sites excluding steroid dienone is 1. The van der Waals surface area contributed by atoms with Crippen LogP contribution < -0.4 is 0 Å². The van der Waals surface area contributed by atoms with Crippen molar-refractivity contribution in [3.05, 3.63) is 48.0 Å². The third-order valence-corrected chi connectivity index (χ3v) is 8.62. The van der Waals surface area contributed by atoms with Gasteiger partial charge < -0.3 is 14.7 Å². The molecule has 0 aromatic heterocycles. The van der Waals surface area contributed by atoms with Gasteiger partial charge in [0.05, 0.1) is 11.7 Å². The van der Waals surface area contributed by atoms with E-state index in [9.17, 15) is 14.7 Å². The molecule has 1 amide bonds. The van der Waals surface area contributed by atoms with Crippen molar-refractivity contribution in [3.63, 3.8) is 0 Å². The molecule has 0 radical (unpaired) electrons. The van der Waals surface area contributed by atoms with Gasteiger partial charge in [-0.05, 0) is 63.9 Å². The van der Waals surface area contributed by atoms with Crippen molar-refractivity contribution >= 4 is 11.7 Å². The van der Waals surface area contributed by atoms with Crippen LogP contribution in [0.25, 0.3) is 0 Å². The molecule has 5 nitrogen and oxygen atoms in total. The minimum absolute atomic E-state index is 0.101. The molecular weight excluding hydrogens is 486 g/mol. The van der Waals surface area contributed by atoms with E-state index in [0.717, 1.165) is 77.0 Å². The number of Topliss-reactive ketones (excluding diaryl/α,β-unsaturated/α-hetero) is 1. The maximum Gasteiger partial charge on any atom is 0.223 e. The lowest BCUT2D eigenvalue weighted by atomic mass is 9.89. The summed E-state index contributed by atoms with van der Waals surface area (Å²) >= 11 is 0. The number of carbonyl (C=O) groups excluding carboxylic acids is 2. The molecule has 1 heterocycles. The van der Waals surface area contributed by atoms with Crippen LogP contribution in [-0.4, -0.2) is 46.1 Å².